The Hall–Kier alpha value is -1.30. The zero-order valence-corrected chi connectivity index (χ0v) is 13.0. The second-order valence-electron chi connectivity index (χ2n) is 5.80. The van der Waals surface area contributed by atoms with Gasteiger partial charge >= 0.3 is 0 Å². The summed E-state index contributed by atoms with van der Waals surface area (Å²) < 4.78 is 10.7. The van der Waals surface area contributed by atoms with Crippen molar-refractivity contribution in [1.29, 1.82) is 0 Å². The quantitative estimate of drug-likeness (QED) is 0.813. The normalized spacial score (nSPS) is 23.0. The number of hydrogen-bond acceptors (Lipinski definition) is 5. The Kier molecular flexibility index (Phi) is 5.85. The number of rotatable bonds is 6. The first-order chi connectivity index (χ1) is 10.2. The average molecular weight is 293 g/mol. The summed E-state index contributed by atoms with van der Waals surface area (Å²) in [5.41, 5.74) is 13.1. The molecule has 1 fully saturated rings. The van der Waals surface area contributed by atoms with Crippen LogP contribution in [0.15, 0.2) is 18.2 Å². The standard InChI is InChI=1S/C16H27N3O2/c1-20-15-4-3-12(9-16(15)21-2)7-13-8-14(18)11-19(10-13)6-5-17/h3-4,9,13-14H,5-8,10-11,17-18H2,1-2H3. The monoisotopic (exact) mass is 293 g/mol. The molecule has 1 aromatic rings. The lowest BCUT2D eigenvalue weighted by atomic mass is 9.89. The number of benzene rings is 1. The number of likely N-dealkylation sites (tertiary alicyclic amines) is 1. The Labute approximate surface area is 127 Å². The van der Waals surface area contributed by atoms with Gasteiger partial charge in [-0.1, -0.05) is 6.07 Å². The van der Waals surface area contributed by atoms with Gasteiger partial charge in [0, 0.05) is 32.2 Å². The molecule has 1 saturated heterocycles. The minimum absolute atomic E-state index is 0.246. The van der Waals surface area contributed by atoms with E-state index in [1.807, 2.05) is 6.07 Å². The van der Waals surface area contributed by atoms with E-state index in [1.54, 1.807) is 14.2 Å². The summed E-state index contributed by atoms with van der Waals surface area (Å²) in [6.45, 7) is 3.64. The maximum absolute atomic E-state index is 6.17. The number of nitrogens with zero attached hydrogens (tertiary/aromatic N) is 1. The third-order valence-corrected chi connectivity index (χ3v) is 4.06. The lowest BCUT2D eigenvalue weighted by Gasteiger charge is -2.36. The van der Waals surface area contributed by atoms with E-state index >= 15 is 0 Å². The molecular weight excluding hydrogens is 266 g/mol. The van der Waals surface area contributed by atoms with Gasteiger partial charge in [0.05, 0.1) is 14.2 Å². The fourth-order valence-electron chi connectivity index (χ4n) is 3.20. The van der Waals surface area contributed by atoms with Crippen molar-refractivity contribution >= 4 is 0 Å². The molecule has 5 nitrogen and oxygen atoms in total. The number of hydrogen-bond donors (Lipinski definition) is 2. The Morgan fingerprint density at radius 1 is 1.19 bits per heavy atom. The van der Waals surface area contributed by atoms with Crippen LogP contribution >= 0.6 is 0 Å². The molecule has 0 aromatic heterocycles. The SMILES string of the molecule is COc1ccc(CC2CC(N)CN(CCN)C2)cc1OC. The molecule has 0 bridgehead atoms. The molecule has 1 aliphatic rings. The van der Waals surface area contributed by atoms with Crippen LogP contribution in [-0.4, -0.2) is 51.3 Å². The number of piperidine rings is 1. The highest BCUT2D eigenvalue weighted by atomic mass is 16.5. The second-order valence-corrected chi connectivity index (χ2v) is 5.80. The third-order valence-electron chi connectivity index (χ3n) is 4.06. The lowest BCUT2D eigenvalue weighted by Crippen LogP contribution is -2.48. The van der Waals surface area contributed by atoms with Crippen LogP contribution < -0.4 is 20.9 Å². The van der Waals surface area contributed by atoms with Crippen molar-refractivity contribution in [2.45, 2.75) is 18.9 Å². The number of nitrogens with two attached hydrogens (primary N) is 2. The van der Waals surface area contributed by atoms with Gasteiger partial charge in [0.2, 0.25) is 0 Å². The summed E-state index contributed by atoms with van der Waals surface area (Å²) in [5, 5.41) is 0. The predicted molar refractivity (Wildman–Crippen MR) is 84.8 cm³/mol. The molecule has 1 aliphatic heterocycles. The van der Waals surface area contributed by atoms with Crippen molar-refractivity contribution in [3.63, 3.8) is 0 Å². The van der Waals surface area contributed by atoms with E-state index in [-0.39, 0.29) is 6.04 Å². The van der Waals surface area contributed by atoms with Gasteiger partial charge < -0.3 is 25.8 Å². The molecule has 1 aromatic carbocycles. The van der Waals surface area contributed by atoms with E-state index in [0.717, 1.165) is 44.0 Å². The van der Waals surface area contributed by atoms with E-state index in [9.17, 15) is 0 Å². The van der Waals surface area contributed by atoms with Crippen molar-refractivity contribution in [2.24, 2.45) is 17.4 Å². The Balaban J connectivity index is 2.03. The summed E-state index contributed by atoms with van der Waals surface area (Å²) in [7, 11) is 3.32. The molecule has 2 rings (SSSR count). The molecule has 2 unspecified atom stereocenters. The molecule has 0 amide bonds. The van der Waals surface area contributed by atoms with Gasteiger partial charge in [-0.15, -0.1) is 0 Å². The van der Waals surface area contributed by atoms with Crippen LogP contribution in [0.4, 0.5) is 0 Å². The Bertz CT molecular complexity index is 453. The first-order valence-corrected chi connectivity index (χ1v) is 7.55. The maximum Gasteiger partial charge on any atom is 0.160 e. The van der Waals surface area contributed by atoms with Crippen LogP contribution in [0.25, 0.3) is 0 Å². The molecule has 2 atom stereocenters. The van der Waals surface area contributed by atoms with E-state index < -0.39 is 0 Å². The first-order valence-electron chi connectivity index (χ1n) is 7.55. The zero-order chi connectivity index (χ0) is 15.2. The minimum Gasteiger partial charge on any atom is -0.493 e. The van der Waals surface area contributed by atoms with E-state index in [4.69, 9.17) is 20.9 Å². The topological polar surface area (TPSA) is 73.7 Å². The van der Waals surface area contributed by atoms with Gasteiger partial charge in [-0.2, -0.15) is 0 Å². The van der Waals surface area contributed by atoms with Gasteiger partial charge in [-0.25, -0.2) is 0 Å². The van der Waals surface area contributed by atoms with Crippen LogP contribution in [0.1, 0.15) is 12.0 Å². The second kappa shape index (κ2) is 7.64. The summed E-state index contributed by atoms with van der Waals surface area (Å²) in [4.78, 5) is 2.37. The minimum atomic E-state index is 0.246. The molecule has 0 radical (unpaired) electrons. The first kappa shape index (κ1) is 16.1. The fraction of sp³-hybridized carbons (Fsp3) is 0.625. The van der Waals surface area contributed by atoms with Crippen molar-refractivity contribution in [1.82, 2.24) is 4.90 Å². The third kappa shape index (κ3) is 4.33. The van der Waals surface area contributed by atoms with Gasteiger partial charge in [-0.3, -0.25) is 0 Å². The van der Waals surface area contributed by atoms with Crippen molar-refractivity contribution in [3.8, 4) is 11.5 Å². The molecular formula is C16H27N3O2. The molecule has 118 valence electrons. The van der Waals surface area contributed by atoms with Crippen LogP contribution in [0.5, 0.6) is 11.5 Å². The Morgan fingerprint density at radius 3 is 2.62 bits per heavy atom. The Morgan fingerprint density at radius 2 is 1.95 bits per heavy atom. The van der Waals surface area contributed by atoms with Crippen LogP contribution in [0.2, 0.25) is 0 Å². The average Bonchev–Trinajstić information content (AvgIpc) is 2.46. The van der Waals surface area contributed by atoms with Crippen molar-refractivity contribution in [3.05, 3.63) is 23.8 Å². The fourth-order valence-corrected chi connectivity index (χ4v) is 3.20. The van der Waals surface area contributed by atoms with Crippen molar-refractivity contribution in [2.75, 3.05) is 40.4 Å². The lowest BCUT2D eigenvalue weighted by molar-refractivity contribution is 0.160. The van der Waals surface area contributed by atoms with Gasteiger partial charge in [-0.05, 0) is 36.5 Å². The van der Waals surface area contributed by atoms with E-state index in [0.29, 0.717) is 12.5 Å². The summed E-state index contributed by atoms with van der Waals surface area (Å²) in [6.07, 6.45) is 2.07. The van der Waals surface area contributed by atoms with E-state index in [2.05, 4.69) is 17.0 Å². The van der Waals surface area contributed by atoms with Crippen LogP contribution in [0, 0.1) is 5.92 Å². The largest absolute Gasteiger partial charge is 0.493 e. The number of methoxy groups -OCH3 is 2. The van der Waals surface area contributed by atoms with Gasteiger partial charge in [0.1, 0.15) is 0 Å². The smallest absolute Gasteiger partial charge is 0.160 e. The molecule has 0 spiro atoms. The van der Waals surface area contributed by atoms with E-state index in [1.165, 1.54) is 5.56 Å². The summed E-state index contributed by atoms with van der Waals surface area (Å²) >= 11 is 0. The predicted octanol–water partition coefficient (Wildman–Crippen LogP) is 0.854. The molecule has 0 saturated carbocycles. The van der Waals surface area contributed by atoms with Crippen molar-refractivity contribution < 1.29 is 9.47 Å². The number of ether oxygens (including phenoxy) is 2. The summed E-state index contributed by atoms with van der Waals surface area (Å²) in [5.74, 6) is 2.12. The molecule has 0 aliphatic carbocycles. The molecule has 1 heterocycles. The molecule has 21 heavy (non-hydrogen) atoms. The summed E-state index contributed by atoms with van der Waals surface area (Å²) in [6, 6.07) is 6.38. The highest BCUT2D eigenvalue weighted by Gasteiger charge is 2.24. The zero-order valence-electron chi connectivity index (χ0n) is 13.0. The maximum atomic E-state index is 6.17. The van der Waals surface area contributed by atoms with Crippen LogP contribution in [-0.2, 0) is 6.42 Å². The highest BCUT2D eigenvalue weighted by Crippen LogP contribution is 2.29. The highest BCUT2D eigenvalue weighted by molar-refractivity contribution is 5.43. The van der Waals surface area contributed by atoms with Crippen LogP contribution in [0.3, 0.4) is 0 Å². The van der Waals surface area contributed by atoms with Gasteiger partial charge in [0.25, 0.3) is 0 Å². The molecule has 4 N–H and O–H groups in total. The van der Waals surface area contributed by atoms with Gasteiger partial charge in [0.15, 0.2) is 11.5 Å². The molecule has 5 heteroatoms.